The van der Waals surface area contributed by atoms with E-state index in [9.17, 15) is 9.59 Å². The number of hydroxylamine groups is 1. The molecule has 4 rings (SSSR count). The first kappa shape index (κ1) is 17.9. The second-order valence-electron chi connectivity index (χ2n) is 6.11. The topological polar surface area (TPSA) is 86.3 Å². The van der Waals surface area contributed by atoms with Crippen LogP contribution in [-0.4, -0.2) is 39.2 Å². The van der Waals surface area contributed by atoms with Gasteiger partial charge in [-0.15, -0.1) is 0 Å². The molecule has 0 saturated carbocycles. The van der Waals surface area contributed by atoms with E-state index in [2.05, 4.69) is 5.48 Å². The van der Waals surface area contributed by atoms with Crippen molar-refractivity contribution in [2.45, 2.75) is 6.10 Å². The number of rotatable bonds is 5. The Bertz CT molecular complexity index is 983. The van der Waals surface area contributed by atoms with E-state index in [0.29, 0.717) is 34.2 Å². The van der Waals surface area contributed by atoms with Crippen LogP contribution in [0.3, 0.4) is 0 Å². The first-order valence-electron chi connectivity index (χ1n) is 8.50. The number of amides is 2. The van der Waals surface area contributed by atoms with Crippen LogP contribution >= 0.6 is 0 Å². The Hall–Kier alpha value is -3.52. The summed E-state index contributed by atoms with van der Waals surface area (Å²) in [6, 6.07) is 11.9. The number of nitrogens with one attached hydrogen (secondary N) is 1. The molecule has 1 N–H and O–H groups in total. The van der Waals surface area contributed by atoms with Gasteiger partial charge in [0.2, 0.25) is 0 Å². The number of para-hydroxylation sites is 1. The van der Waals surface area contributed by atoms with Crippen LogP contribution in [0.5, 0.6) is 17.2 Å². The minimum atomic E-state index is -1.03. The van der Waals surface area contributed by atoms with Gasteiger partial charge < -0.3 is 14.2 Å². The molecular weight excluding hydrogens is 364 g/mol. The van der Waals surface area contributed by atoms with Crippen LogP contribution in [0.25, 0.3) is 5.70 Å². The number of fused-ring (bicyclic) bond motifs is 1. The van der Waals surface area contributed by atoms with Gasteiger partial charge in [-0.1, -0.05) is 6.07 Å². The number of nitrogens with zero attached hydrogens (tertiary/aromatic N) is 1. The van der Waals surface area contributed by atoms with E-state index in [-0.39, 0.29) is 5.57 Å². The fourth-order valence-electron chi connectivity index (χ4n) is 3.35. The van der Waals surface area contributed by atoms with Crippen molar-refractivity contribution in [3.8, 4) is 17.2 Å². The summed E-state index contributed by atoms with van der Waals surface area (Å²) in [4.78, 5) is 32.5. The molecule has 8 heteroatoms. The molecule has 0 spiro atoms. The molecule has 2 heterocycles. The van der Waals surface area contributed by atoms with Gasteiger partial charge >= 0.3 is 0 Å². The van der Waals surface area contributed by atoms with Gasteiger partial charge in [-0.05, 0) is 36.4 Å². The van der Waals surface area contributed by atoms with Crippen molar-refractivity contribution in [2.24, 2.45) is 0 Å². The van der Waals surface area contributed by atoms with Gasteiger partial charge in [0, 0.05) is 5.56 Å². The molecule has 2 aliphatic rings. The highest BCUT2D eigenvalue weighted by atomic mass is 16.7. The maximum Gasteiger partial charge on any atom is 0.270 e. The van der Waals surface area contributed by atoms with E-state index in [1.807, 2.05) is 0 Å². The van der Waals surface area contributed by atoms with Gasteiger partial charge in [-0.3, -0.25) is 19.9 Å². The molecular formula is C20H18N2O6. The van der Waals surface area contributed by atoms with E-state index in [0.717, 1.165) is 4.90 Å². The maximum atomic E-state index is 13.1. The van der Waals surface area contributed by atoms with Gasteiger partial charge in [0.1, 0.15) is 5.75 Å². The second-order valence-corrected chi connectivity index (χ2v) is 6.11. The Morgan fingerprint density at radius 1 is 0.964 bits per heavy atom. The molecule has 0 unspecified atom stereocenters. The summed E-state index contributed by atoms with van der Waals surface area (Å²) >= 11 is 0. The first-order valence-corrected chi connectivity index (χ1v) is 8.50. The minimum absolute atomic E-state index is 0.229. The molecule has 0 bridgehead atoms. The fourth-order valence-corrected chi connectivity index (χ4v) is 3.35. The molecule has 2 aromatic carbocycles. The molecule has 2 aliphatic heterocycles. The Kier molecular flexibility index (Phi) is 4.40. The predicted octanol–water partition coefficient (Wildman–Crippen LogP) is 1.90. The number of imide groups is 1. The van der Waals surface area contributed by atoms with Crippen molar-refractivity contribution in [1.29, 1.82) is 0 Å². The van der Waals surface area contributed by atoms with Crippen LogP contribution in [0.1, 0.15) is 5.56 Å². The van der Waals surface area contributed by atoms with Crippen molar-refractivity contribution in [3.05, 3.63) is 53.6 Å². The van der Waals surface area contributed by atoms with Crippen molar-refractivity contribution >= 4 is 23.2 Å². The zero-order chi connectivity index (χ0) is 19.8. The van der Waals surface area contributed by atoms with Crippen LogP contribution < -0.4 is 24.6 Å². The third kappa shape index (κ3) is 2.57. The lowest BCUT2D eigenvalue weighted by atomic mass is 10.0. The number of benzene rings is 2. The average Bonchev–Trinajstić information content (AvgIpc) is 3.27. The zero-order valence-electron chi connectivity index (χ0n) is 15.5. The molecule has 28 heavy (non-hydrogen) atoms. The van der Waals surface area contributed by atoms with Gasteiger partial charge in [0.15, 0.2) is 17.6 Å². The molecule has 0 aromatic heterocycles. The highest BCUT2D eigenvalue weighted by Crippen LogP contribution is 2.41. The van der Waals surface area contributed by atoms with Crippen molar-refractivity contribution in [3.63, 3.8) is 0 Å². The van der Waals surface area contributed by atoms with Gasteiger partial charge in [-0.2, -0.15) is 0 Å². The van der Waals surface area contributed by atoms with Gasteiger partial charge in [0.25, 0.3) is 11.8 Å². The molecule has 2 amide bonds. The SMILES string of the molecule is COc1ccc(N2C(=O)C3=C(c4cccc(OC)c4OC)NO[C@@H]3C2=O)cc1. The maximum absolute atomic E-state index is 13.1. The number of carbonyl (C=O) groups is 2. The smallest absolute Gasteiger partial charge is 0.270 e. The molecule has 0 radical (unpaired) electrons. The number of hydrogen-bond donors (Lipinski definition) is 1. The largest absolute Gasteiger partial charge is 0.497 e. The third-order valence-corrected chi connectivity index (χ3v) is 4.69. The summed E-state index contributed by atoms with van der Waals surface area (Å²) in [6.07, 6.45) is -1.03. The van der Waals surface area contributed by atoms with Crippen LogP contribution in [0, 0.1) is 0 Å². The lowest BCUT2D eigenvalue weighted by Crippen LogP contribution is -2.34. The van der Waals surface area contributed by atoms with E-state index in [4.69, 9.17) is 19.0 Å². The Morgan fingerprint density at radius 2 is 1.71 bits per heavy atom. The highest BCUT2D eigenvalue weighted by molar-refractivity contribution is 6.33. The number of anilines is 1. The minimum Gasteiger partial charge on any atom is -0.497 e. The number of carbonyl (C=O) groups excluding carboxylic acids is 2. The summed E-state index contributed by atoms with van der Waals surface area (Å²) in [6.45, 7) is 0. The Labute approximate surface area is 161 Å². The number of hydrogen-bond acceptors (Lipinski definition) is 7. The Morgan fingerprint density at radius 3 is 2.36 bits per heavy atom. The van der Waals surface area contributed by atoms with Gasteiger partial charge in [0.05, 0.1) is 38.3 Å². The second kappa shape index (κ2) is 6.90. The molecule has 2 aromatic rings. The molecule has 1 fully saturated rings. The molecule has 8 nitrogen and oxygen atoms in total. The van der Waals surface area contributed by atoms with E-state index >= 15 is 0 Å². The van der Waals surface area contributed by atoms with Crippen LogP contribution in [0.2, 0.25) is 0 Å². The van der Waals surface area contributed by atoms with E-state index < -0.39 is 17.9 Å². The lowest BCUT2D eigenvalue weighted by Gasteiger charge is -2.17. The normalized spacial score (nSPS) is 18.2. The lowest BCUT2D eigenvalue weighted by molar-refractivity contribution is -0.127. The summed E-state index contributed by atoms with van der Waals surface area (Å²) in [5, 5.41) is 0. The number of methoxy groups -OCH3 is 3. The van der Waals surface area contributed by atoms with Crippen LogP contribution in [-0.2, 0) is 14.4 Å². The Balaban J connectivity index is 1.79. The van der Waals surface area contributed by atoms with Gasteiger partial charge in [-0.25, -0.2) is 4.90 Å². The molecule has 1 saturated heterocycles. The van der Waals surface area contributed by atoms with Crippen molar-refractivity contribution < 1.29 is 28.6 Å². The quantitative estimate of drug-likeness (QED) is 0.791. The standard InChI is InChI=1S/C20H18N2O6/c1-25-12-9-7-11(8-10-12)22-19(23)15-16(21-28-18(15)20(22)24)13-5-4-6-14(26-2)17(13)27-3/h4-10,18,21H,1-3H3/t18-/m0/s1. The van der Waals surface area contributed by atoms with E-state index in [1.165, 1.54) is 14.2 Å². The summed E-state index contributed by atoms with van der Waals surface area (Å²) in [5.74, 6) is 0.649. The third-order valence-electron chi connectivity index (χ3n) is 4.69. The van der Waals surface area contributed by atoms with Crippen LogP contribution in [0.15, 0.2) is 48.0 Å². The average molecular weight is 382 g/mol. The predicted molar refractivity (Wildman–Crippen MR) is 100.0 cm³/mol. The molecule has 1 atom stereocenters. The monoisotopic (exact) mass is 382 g/mol. The van der Waals surface area contributed by atoms with Crippen molar-refractivity contribution in [1.82, 2.24) is 5.48 Å². The first-order chi connectivity index (χ1) is 13.6. The molecule has 0 aliphatic carbocycles. The highest BCUT2D eigenvalue weighted by Gasteiger charge is 2.51. The summed E-state index contributed by atoms with van der Waals surface area (Å²) in [5.41, 5.74) is 4.33. The van der Waals surface area contributed by atoms with E-state index in [1.54, 1.807) is 49.6 Å². The number of ether oxygens (including phenoxy) is 3. The van der Waals surface area contributed by atoms with Crippen LogP contribution in [0.4, 0.5) is 5.69 Å². The fraction of sp³-hybridized carbons (Fsp3) is 0.200. The summed E-state index contributed by atoms with van der Waals surface area (Å²) < 4.78 is 15.9. The van der Waals surface area contributed by atoms with Crippen molar-refractivity contribution in [2.75, 3.05) is 26.2 Å². The zero-order valence-corrected chi connectivity index (χ0v) is 15.5. The summed E-state index contributed by atoms with van der Waals surface area (Å²) in [7, 11) is 4.57. The molecule has 144 valence electrons.